The standard InChI is InChI=1S/C18H29NO/c1-4-15-8-6-10-18(11-15,12-19)17(20)16-9-5-7-13(2)14(16)3/h5,7,9,15,17,20H,4,6,8,10-12,19H2,1-3H3. The van der Waals surface area contributed by atoms with Crippen molar-refractivity contribution in [3.8, 4) is 0 Å². The third-order valence-corrected chi connectivity index (χ3v) is 5.49. The molecule has 1 aromatic rings. The molecule has 1 fully saturated rings. The molecular formula is C18H29NO. The first-order valence-corrected chi connectivity index (χ1v) is 7.98. The second kappa shape index (κ2) is 6.28. The van der Waals surface area contributed by atoms with Gasteiger partial charge in [0.25, 0.3) is 0 Å². The molecular weight excluding hydrogens is 246 g/mol. The van der Waals surface area contributed by atoms with Crippen LogP contribution in [0, 0.1) is 25.2 Å². The third kappa shape index (κ3) is 2.77. The van der Waals surface area contributed by atoms with E-state index >= 15 is 0 Å². The van der Waals surface area contributed by atoms with Gasteiger partial charge in [-0.2, -0.15) is 0 Å². The minimum atomic E-state index is -0.429. The van der Waals surface area contributed by atoms with E-state index in [9.17, 15) is 5.11 Å². The number of aliphatic hydroxyl groups is 1. The molecule has 3 N–H and O–H groups in total. The van der Waals surface area contributed by atoms with Crippen LogP contribution in [0.3, 0.4) is 0 Å². The highest BCUT2D eigenvalue weighted by Gasteiger charge is 2.41. The molecule has 0 heterocycles. The molecule has 0 amide bonds. The number of nitrogens with two attached hydrogens (primary N) is 1. The summed E-state index contributed by atoms with van der Waals surface area (Å²) in [5.41, 5.74) is 9.53. The van der Waals surface area contributed by atoms with E-state index in [2.05, 4.69) is 32.9 Å². The molecule has 3 unspecified atom stereocenters. The van der Waals surface area contributed by atoms with Crippen molar-refractivity contribution < 1.29 is 5.11 Å². The van der Waals surface area contributed by atoms with Gasteiger partial charge in [0.2, 0.25) is 0 Å². The summed E-state index contributed by atoms with van der Waals surface area (Å²) in [6.07, 6.45) is 5.36. The monoisotopic (exact) mass is 275 g/mol. The van der Waals surface area contributed by atoms with Gasteiger partial charge in [0.1, 0.15) is 0 Å². The molecule has 1 aromatic carbocycles. The van der Waals surface area contributed by atoms with Crippen molar-refractivity contribution in [3.63, 3.8) is 0 Å². The Morgan fingerprint density at radius 2 is 2.15 bits per heavy atom. The molecule has 112 valence electrons. The van der Waals surface area contributed by atoms with Crippen LogP contribution in [0.25, 0.3) is 0 Å². The first-order chi connectivity index (χ1) is 9.54. The van der Waals surface area contributed by atoms with E-state index < -0.39 is 6.10 Å². The lowest BCUT2D eigenvalue weighted by molar-refractivity contribution is -0.0165. The lowest BCUT2D eigenvalue weighted by Gasteiger charge is -2.44. The number of benzene rings is 1. The number of aliphatic hydroxyl groups excluding tert-OH is 1. The topological polar surface area (TPSA) is 46.2 Å². The minimum absolute atomic E-state index is 0.127. The van der Waals surface area contributed by atoms with Crippen molar-refractivity contribution in [3.05, 3.63) is 34.9 Å². The predicted octanol–water partition coefficient (Wildman–Crippen LogP) is 3.88. The molecule has 2 heteroatoms. The second-order valence-corrected chi connectivity index (χ2v) is 6.63. The van der Waals surface area contributed by atoms with E-state index in [1.54, 1.807) is 0 Å². The molecule has 20 heavy (non-hydrogen) atoms. The van der Waals surface area contributed by atoms with Gasteiger partial charge in [-0.1, -0.05) is 44.4 Å². The van der Waals surface area contributed by atoms with E-state index in [1.165, 1.54) is 30.4 Å². The Balaban J connectivity index is 2.33. The van der Waals surface area contributed by atoms with Gasteiger partial charge in [-0.15, -0.1) is 0 Å². The van der Waals surface area contributed by atoms with E-state index in [-0.39, 0.29) is 5.41 Å². The zero-order valence-corrected chi connectivity index (χ0v) is 13.2. The average molecular weight is 275 g/mol. The van der Waals surface area contributed by atoms with Gasteiger partial charge in [-0.25, -0.2) is 0 Å². The van der Waals surface area contributed by atoms with E-state index in [4.69, 9.17) is 5.73 Å². The molecule has 0 saturated heterocycles. The van der Waals surface area contributed by atoms with Gasteiger partial charge in [0.05, 0.1) is 6.10 Å². The van der Waals surface area contributed by atoms with Crippen LogP contribution in [-0.2, 0) is 0 Å². The zero-order valence-electron chi connectivity index (χ0n) is 13.2. The van der Waals surface area contributed by atoms with Crippen molar-refractivity contribution in [2.24, 2.45) is 17.1 Å². The summed E-state index contributed by atoms with van der Waals surface area (Å²) in [6.45, 7) is 7.05. The Kier molecular flexibility index (Phi) is 4.87. The van der Waals surface area contributed by atoms with Gasteiger partial charge in [0, 0.05) is 12.0 Å². The maximum absolute atomic E-state index is 11.0. The van der Waals surface area contributed by atoms with Crippen molar-refractivity contribution in [2.45, 2.75) is 59.0 Å². The maximum atomic E-state index is 11.0. The summed E-state index contributed by atoms with van der Waals surface area (Å²) in [6, 6.07) is 6.22. The summed E-state index contributed by atoms with van der Waals surface area (Å²) in [7, 11) is 0. The molecule has 0 spiro atoms. The summed E-state index contributed by atoms with van der Waals surface area (Å²) in [5.74, 6) is 0.715. The Morgan fingerprint density at radius 3 is 2.80 bits per heavy atom. The van der Waals surface area contributed by atoms with Crippen molar-refractivity contribution in [2.75, 3.05) is 6.54 Å². The molecule has 0 radical (unpaired) electrons. The van der Waals surface area contributed by atoms with Crippen molar-refractivity contribution in [1.29, 1.82) is 0 Å². The van der Waals surface area contributed by atoms with Crippen LogP contribution in [0.4, 0.5) is 0 Å². The van der Waals surface area contributed by atoms with E-state index in [0.717, 1.165) is 18.4 Å². The lowest BCUT2D eigenvalue weighted by Crippen LogP contribution is -2.41. The Bertz CT molecular complexity index is 457. The smallest absolute Gasteiger partial charge is 0.0861 e. The molecule has 3 atom stereocenters. The molecule has 0 aromatic heterocycles. The lowest BCUT2D eigenvalue weighted by atomic mass is 9.64. The van der Waals surface area contributed by atoms with Gasteiger partial charge in [-0.05, 0) is 49.3 Å². The van der Waals surface area contributed by atoms with E-state index in [1.807, 2.05) is 6.07 Å². The molecule has 1 aliphatic carbocycles. The quantitative estimate of drug-likeness (QED) is 0.876. The second-order valence-electron chi connectivity index (χ2n) is 6.63. The number of hydrogen-bond donors (Lipinski definition) is 2. The van der Waals surface area contributed by atoms with Gasteiger partial charge in [-0.3, -0.25) is 0 Å². The molecule has 1 aliphatic rings. The summed E-state index contributed by atoms with van der Waals surface area (Å²) in [4.78, 5) is 0. The third-order valence-electron chi connectivity index (χ3n) is 5.49. The number of aryl methyl sites for hydroxylation is 1. The van der Waals surface area contributed by atoms with Gasteiger partial charge in [0.15, 0.2) is 0 Å². The summed E-state index contributed by atoms with van der Waals surface area (Å²) < 4.78 is 0. The maximum Gasteiger partial charge on any atom is 0.0861 e. The van der Waals surface area contributed by atoms with Crippen LogP contribution in [0.1, 0.15) is 61.8 Å². The Morgan fingerprint density at radius 1 is 1.40 bits per heavy atom. The molecule has 2 rings (SSSR count). The first-order valence-electron chi connectivity index (χ1n) is 7.98. The van der Waals surface area contributed by atoms with Gasteiger partial charge < -0.3 is 10.8 Å². The van der Waals surface area contributed by atoms with Crippen LogP contribution in [0.5, 0.6) is 0 Å². The fourth-order valence-electron chi connectivity index (χ4n) is 3.82. The average Bonchev–Trinajstić information content (AvgIpc) is 2.49. The van der Waals surface area contributed by atoms with Crippen LogP contribution in [0.15, 0.2) is 18.2 Å². The van der Waals surface area contributed by atoms with Crippen molar-refractivity contribution >= 4 is 0 Å². The number of rotatable bonds is 4. The summed E-state index contributed by atoms with van der Waals surface area (Å²) >= 11 is 0. The molecule has 0 bridgehead atoms. The highest BCUT2D eigenvalue weighted by Crippen LogP contribution is 2.48. The predicted molar refractivity (Wildman–Crippen MR) is 84.6 cm³/mol. The molecule has 1 saturated carbocycles. The van der Waals surface area contributed by atoms with Crippen molar-refractivity contribution in [1.82, 2.24) is 0 Å². The Hall–Kier alpha value is -0.860. The summed E-state index contributed by atoms with van der Waals surface area (Å²) in [5, 5.41) is 11.0. The Labute approximate surface area is 123 Å². The normalized spacial score (nSPS) is 28.4. The highest BCUT2D eigenvalue weighted by molar-refractivity contribution is 5.35. The van der Waals surface area contributed by atoms with Crippen LogP contribution >= 0.6 is 0 Å². The minimum Gasteiger partial charge on any atom is -0.388 e. The number of hydrogen-bond acceptors (Lipinski definition) is 2. The van der Waals surface area contributed by atoms with Crippen LogP contribution in [-0.4, -0.2) is 11.7 Å². The van der Waals surface area contributed by atoms with Gasteiger partial charge >= 0.3 is 0 Å². The largest absolute Gasteiger partial charge is 0.388 e. The fourth-order valence-corrected chi connectivity index (χ4v) is 3.82. The molecule has 2 nitrogen and oxygen atoms in total. The van der Waals surface area contributed by atoms with Crippen LogP contribution < -0.4 is 5.73 Å². The fraction of sp³-hybridized carbons (Fsp3) is 0.667. The SMILES string of the molecule is CCC1CCCC(CN)(C(O)c2cccc(C)c2C)C1. The van der Waals surface area contributed by atoms with Crippen LogP contribution in [0.2, 0.25) is 0 Å². The zero-order chi connectivity index (χ0) is 14.8. The first kappa shape index (κ1) is 15.5. The molecule has 0 aliphatic heterocycles. The highest BCUT2D eigenvalue weighted by atomic mass is 16.3. The van der Waals surface area contributed by atoms with E-state index in [0.29, 0.717) is 12.5 Å².